The first-order valence-corrected chi connectivity index (χ1v) is 9.11. The topological polar surface area (TPSA) is 85.8 Å². The van der Waals surface area contributed by atoms with Crippen LogP contribution in [0.25, 0.3) is 0 Å². The monoisotopic (exact) mass is 487 g/mol. The van der Waals surface area contributed by atoms with E-state index in [2.05, 4.69) is 20.9 Å². The van der Waals surface area contributed by atoms with E-state index in [1.165, 1.54) is 0 Å². The Morgan fingerprint density at radius 2 is 1.96 bits per heavy atom. The minimum absolute atomic E-state index is 0. The Balaban J connectivity index is 0.00000364. The van der Waals surface area contributed by atoms with E-state index in [-0.39, 0.29) is 42.3 Å². The van der Waals surface area contributed by atoms with Crippen molar-refractivity contribution in [3.8, 4) is 0 Å². The van der Waals surface area contributed by atoms with Gasteiger partial charge in [-0.05, 0) is 43.9 Å². The van der Waals surface area contributed by atoms with Gasteiger partial charge >= 0.3 is 0 Å². The Bertz CT molecular complexity index is 659. The van der Waals surface area contributed by atoms with Gasteiger partial charge in [-0.1, -0.05) is 12.1 Å². The molecule has 0 unspecified atom stereocenters. The van der Waals surface area contributed by atoms with Crippen molar-refractivity contribution in [1.29, 1.82) is 0 Å². The Morgan fingerprint density at radius 3 is 2.59 bits per heavy atom. The highest BCUT2D eigenvalue weighted by atomic mass is 127. The average Bonchev–Trinajstić information content (AvgIpc) is 3.43. The number of guanidine groups is 1. The fourth-order valence-electron chi connectivity index (χ4n) is 2.44. The number of benzene rings is 1. The maximum Gasteiger partial charge on any atom is 0.253 e. The molecule has 2 rings (SSSR count). The molecule has 3 N–H and O–H groups in total. The first-order valence-electron chi connectivity index (χ1n) is 9.11. The Morgan fingerprint density at radius 1 is 1.22 bits per heavy atom. The molecule has 0 radical (unpaired) electrons. The minimum atomic E-state index is -0.0420. The minimum Gasteiger partial charge on any atom is -0.357 e. The van der Waals surface area contributed by atoms with Crippen molar-refractivity contribution in [2.24, 2.45) is 4.99 Å². The van der Waals surface area contributed by atoms with Crippen LogP contribution in [-0.2, 0) is 11.2 Å². The highest BCUT2D eigenvalue weighted by molar-refractivity contribution is 14.0. The molecule has 150 valence electrons. The van der Waals surface area contributed by atoms with Crippen molar-refractivity contribution in [2.75, 3.05) is 33.7 Å². The first-order chi connectivity index (χ1) is 12.5. The summed E-state index contributed by atoms with van der Waals surface area (Å²) in [6.45, 7) is 3.50. The number of hydrogen-bond donors (Lipinski definition) is 3. The second-order valence-electron chi connectivity index (χ2n) is 6.61. The molecule has 1 fully saturated rings. The molecule has 1 saturated carbocycles. The summed E-state index contributed by atoms with van der Waals surface area (Å²) >= 11 is 0. The van der Waals surface area contributed by atoms with Gasteiger partial charge in [-0.15, -0.1) is 24.0 Å². The van der Waals surface area contributed by atoms with Crippen LogP contribution in [-0.4, -0.2) is 62.4 Å². The van der Waals surface area contributed by atoms with Gasteiger partial charge in [0, 0.05) is 38.8 Å². The fourth-order valence-corrected chi connectivity index (χ4v) is 2.44. The van der Waals surface area contributed by atoms with Crippen molar-refractivity contribution in [2.45, 2.75) is 32.2 Å². The molecular weight excluding hydrogens is 457 g/mol. The van der Waals surface area contributed by atoms with Gasteiger partial charge in [0.15, 0.2) is 5.96 Å². The van der Waals surface area contributed by atoms with Crippen LogP contribution in [0.3, 0.4) is 0 Å². The molecule has 27 heavy (non-hydrogen) atoms. The first kappa shape index (κ1) is 23.2. The largest absolute Gasteiger partial charge is 0.357 e. The van der Waals surface area contributed by atoms with Gasteiger partial charge in [0.2, 0.25) is 5.91 Å². The lowest BCUT2D eigenvalue weighted by Crippen LogP contribution is -2.39. The highest BCUT2D eigenvalue weighted by Crippen LogP contribution is 2.18. The summed E-state index contributed by atoms with van der Waals surface area (Å²) in [5.74, 6) is 0.579. The number of rotatable bonds is 8. The molecule has 0 saturated heterocycles. The van der Waals surface area contributed by atoms with E-state index in [0.717, 1.165) is 31.4 Å². The summed E-state index contributed by atoms with van der Waals surface area (Å²) < 4.78 is 0. The molecule has 1 aromatic rings. The number of hydrogen-bond acceptors (Lipinski definition) is 3. The van der Waals surface area contributed by atoms with Gasteiger partial charge in [-0.2, -0.15) is 0 Å². The molecular formula is C19H30IN5O2. The molecule has 7 nitrogen and oxygen atoms in total. The molecule has 0 heterocycles. The Kier molecular flexibility index (Phi) is 10.1. The van der Waals surface area contributed by atoms with Crippen LogP contribution in [0, 0.1) is 0 Å². The van der Waals surface area contributed by atoms with Crippen LogP contribution in [0.15, 0.2) is 29.3 Å². The molecule has 1 aliphatic rings. The Hall–Kier alpha value is -1.84. The number of carbonyl (C=O) groups excluding carboxylic acids is 2. The summed E-state index contributed by atoms with van der Waals surface area (Å²) in [4.78, 5) is 29.7. The summed E-state index contributed by atoms with van der Waals surface area (Å²) in [7, 11) is 3.49. The van der Waals surface area contributed by atoms with Crippen LogP contribution in [0.1, 0.15) is 35.7 Å². The lowest BCUT2D eigenvalue weighted by Gasteiger charge is -2.13. The quantitative estimate of drug-likeness (QED) is 0.294. The molecule has 0 aliphatic heterocycles. The van der Waals surface area contributed by atoms with E-state index < -0.39 is 0 Å². The van der Waals surface area contributed by atoms with Crippen LogP contribution in [0.5, 0.6) is 0 Å². The van der Waals surface area contributed by atoms with Gasteiger partial charge < -0.3 is 20.9 Å². The summed E-state index contributed by atoms with van der Waals surface area (Å²) in [6, 6.07) is 7.99. The third kappa shape index (κ3) is 8.59. The fraction of sp³-hybridized carbons (Fsp3) is 0.526. The predicted molar refractivity (Wildman–Crippen MR) is 119 cm³/mol. The van der Waals surface area contributed by atoms with Crippen LogP contribution < -0.4 is 16.0 Å². The number of carbonyl (C=O) groups is 2. The molecule has 0 spiro atoms. The maximum absolute atomic E-state index is 12.0. The second-order valence-corrected chi connectivity index (χ2v) is 6.61. The zero-order chi connectivity index (χ0) is 18.9. The zero-order valence-electron chi connectivity index (χ0n) is 16.2. The smallest absolute Gasteiger partial charge is 0.253 e. The molecule has 1 aliphatic carbocycles. The second kappa shape index (κ2) is 11.8. The van der Waals surface area contributed by atoms with E-state index in [9.17, 15) is 9.59 Å². The van der Waals surface area contributed by atoms with Gasteiger partial charge in [0.25, 0.3) is 5.91 Å². The molecule has 8 heteroatoms. The highest BCUT2D eigenvalue weighted by Gasteiger charge is 2.22. The summed E-state index contributed by atoms with van der Waals surface area (Å²) in [5.41, 5.74) is 1.76. The van der Waals surface area contributed by atoms with E-state index in [0.29, 0.717) is 24.1 Å². The predicted octanol–water partition coefficient (Wildman–Crippen LogP) is 1.38. The van der Waals surface area contributed by atoms with Gasteiger partial charge in [0.05, 0.1) is 0 Å². The van der Waals surface area contributed by atoms with E-state index in [1.54, 1.807) is 19.0 Å². The van der Waals surface area contributed by atoms with Gasteiger partial charge in [-0.3, -0.25) is 9.59 Å². The van der Waals surface area contributed by atoms with Gasteiger partial charge in [0.1, 0.15) is 6.54 Å². The number of nitrogens with zero attached hydrogens (tertiary/aromatic N) is 2. The zero-order valence-corrected chi connectivity index (χ0v) is 18.6. The molecule has 2 amide bonds. The van der Waals surface area contributed by atoms with E-state index in [1.807, 2.05) is 31.2 Å². The van der Waals surface area contributed by atoms with Crippen molar-refractivity contribution in [1.82, 2.24) is 20.9 Å². The third-order valence-corrected chi connectivity index (χ3v) is 3.95. The van der Waals surface area contributed by atoms with Crippen molar-refractivity contribution in [3.63, 3.8) is 0 Å². The normalized spacial score (nSPS) is 13.4. The SMILES string of the molecule is CCNC(=NCC(=O)NC1CC1)NCCc1cccc(C(=O)N(C)C)c1.I. The van der Waals surface area contributed by atoms with Gasteiger partial charge in [-0.25, -0.2) is 4.99 Å². The molecule has 0 aromatic heterocycles. The Labute approximate surface area is 178 Å². The summed E-state index contributed by atoms with van der Waals surface area (Å²) in [5, 5.41) is 9.29. The van der Waals surface area contributed by atoms with Crippen molar-refractivity contribution in [3.05, 3.63) is 35.4 Å². The third-order valence-electron chi connectivity index (χ3n) is 3.95. The van der Waals surface area contributed by atoms with Crippen LogP contribution >= 0.6 is 24.0 Å². The lowest BCUT2D eigenvalue weighted by atomic mass is 10.1. The summed E-state index contributed by atoms with van der Waals surface area (Å²) in [6.07, 6.45) is 2.90. The van der Waals surface area contributed by atoms with Crippen molar-refractivity contribution >= 4 is 41.8 Å². The lowest BCUT2D eigenvalue weighted by molar-refractivity contribution is -0.119. The van der Waals surface area contributed by atoms with E-state index >= 15 is 0 Å². The maximum atomic E-state index is 12.0. The standard InChI is InChI=1S/C19H29N5O2.HI/c1-4-20-19(22-13-17(25)23-16-8-9-16)21-11-10-14-6-5-7-15(12-14)18(26)24(2)3;/h5-7,12,16H,4,8-11,13H2,1-3H3,(H,23,25)(H2,20,21,22);1H. The number of aliphatic imine (C=N–C) groups is 1. The van der Waals surface area contributed by atoms with E-state index in [4.69, 9.17) is 0 Å². The van der Waals surface area contributed by atoms with Crippen LogP contribution in [0.2, 0.25) is 0 Å². The number of amides is 2. The number of nitrogens with one attached hydrogen (secondary N) is 3. The van der Waals surface area contributed by atoms with Crippen LogP contribution in [0.4, 0.5) is 0 Å². The molecule has 0 bridgehead atoms. The number of halogens is 1. The average molecular weight is 487 g/mol. The molecule has 0 atom stereocenters. The van der Waals surface area contributed by atoms with Crippen molar-refractivity contribution < 1.29 is 9.59 Å². The molecule has 1 aromatic carbocycles.